The summed E-state index contributed by atoms with van der Waals surface area (Å²) in [6.07, 6.45) is 5.39. The van der Waals surface area contributed by atoms with Crippen molar-refractivity contribution in [2.45, 2.75) is 45.1 Å². The molecule has 0 spiro atoms. The first-order chi connectivity index (χ1) is 8.19. The zero-order chi connectivity index (χ0) is 12.3. The number of thioether (sulfide) groups is 1. The Morgan fingerprint density at radius 2 is 2.12 bits per heavy atom. The van der Waals surface area contributed by atoms with E-state index in [0.717, 1.165) is 18.4 Å². The van der Waals surface area contributed by atoms with Crippen LogP contribution in [0.3, 0.4) is 0 Å². The van der Waals surface area contributed by atoms with Gasteiger partial charge in [-0.2, -0.15) is 11.8 Å². The number of nitrogens with zero attached hydrogens (tertiary/aromatic N) is 1. The number of rotatable bonds is 2. The minimum Gasteiger partial charge on any atom is -0.329 e. The molecule has 0 amide bonds. The van der Waals surface area contributed by atoms with Gasteiger partial charge in [-0.15, -0.1) is 0 Å². The first kappa shape index (κ1) is 13.7. The van der Waals surface area contributed by atoms with Gasteiger partial charge in [-0.25, -0.2) is 0 Å². The minimum atomic E-state index is 0.317. The predicted molar refractivity (Wildman–Crippen MR) is 77.5 cm³/mol. The molecular weight excluding hydrogens is 228 g/mol. The average Bonchev–Trinajstić information content (AvgIpc) is 2.59. The van der Waals surface area contributed by atoms with Gasteiger partial charge in [0.15, 0.2) is 0 Å². The van der Waals surface area contributed by atoms with Gasteiger partial charge in [-0.05, 0) is 49.8 Å². The zero-order valence-electron chi connectivity index (χ0n) is 11.5. The first-order valence-electron chi connectivity index (χ1n) is 7.22. The molecule has 2 aliphatic rings. The maximum Gasteiger partial charge on any atom is 0.0357 e. The summed E-state index contributed by atoms with van der Waals surface area (Å²) in [5.41, 5.74) is 6.52. The summed E-state index contributed by atoms with van der Waals surface area (Å²) in [4.78, 5) is 2.74. The molecule has 2 nitrogen and oxygen atoms in total. The van der Waals surface area contributed by atoms with Crippen LogP contribution in [0.5, 0.6) is 0 Å². The molecule has 0 bridgehead atoms. The van der Waals surface area contributed by atoms with E-state index < -0.39 is 0 Å². The van der Waals surface area contributed by atoms with Crippen molar-refractivity contribution in [3.05, 3.63) is 0 Å². The molecule has 0 aromatic heterocycles. The third-order valence-corrected chi connectivity index (χ3v) is 6.00. The van der Waals surface area contributed by atoms with E-state index in [2.05, 4.69) is 30.5 Å². The fourth-order valence-corrected chi connectivity index (χ4v) is 4.66. The molecule has 3 unspecified atom stereocenters. The Morgan fingerprint density at radius 3 is 2.82 bits per heavy atom. The fourth-order valence-electron chi connectivity index (χ4n) is 3.78. The highest BCUT2D eigenvalue weighted by molar-refractivity contribution is 7.99. The van der Waals surface area contributed by atoms with Crippen LogP contribution in [0.4, 0.5) is 0 Å². The van der Waals surface area contributed by atoms with Crippen molar-refractivity contribution in [2.75, 3.05) is 31.1 Å². The van der Waals surface area contributed by atoms with E-state index in [9.17, 15) is 0 Å². The summed E-state index contributed by atoms with van der Waals surface area (Å²) in [5.74, 6) is 4.29. The van der Waals surface area contributed by atoms with Crippen molar-refractivity contribution in [3.63, 3.8) is 0 Å². The predicted octanol–water partition coefficient (Wildman–Crippen LogP) is 2.58. The van der Waals surface area contributed by atoms with Crippen LogP contribution in [0.15, 0.2) is 0 Å². The van der Waals surface area contributed by atoms with E-state index in [1.54, 1.807) is 0 Å². The minimum absolute atomic E-state index is 0.317. The zero-order valence-corrected chi connectivity index (χ0v) is 12.3. The van der Waals surface area contributed by atoms with Gasteiger partial charge >= 0.3 is 0 Å². The van der Waals surface area contributed by atoms with Gasteiger partial charge in [0, 0.05) is 24.4 Å². The molecule has 2 fully saturated rings. The van der Waals surface area contributed by atoms with Crippen LogP contribution in [-0.4, -0.2) is 41.6 Å². The number of hydrogen-bond donors (Lipinski definition) is 1. The normalized spacial score (nSPS) is 41.1. The van der Waals surface area contributed by atoms with Gasteiger partial charge in [-0.3, -0.25) is 4.90 Å². The number of hydrogen-bond acceptors (Lipinski definition) is 3. The second-order valence-corrected chi connectivity index (χ2v) is 7.27. The highest BCUT2D eigenvalue weighted by Crippen LogP contribution is 2.40. The quantitative estimate of drug-likeness (QED) is 0.823. The Hall–Kier alpha value is 0.270. The van der Waals surface area contributed by atoms with Gasteiger partial charge < -0.3 is 5.73 Å². The summed E-state index contributed by atoms with van der Waals surface area (Å²) >= 11 is 2.11. The lowest BCUT2D eigenvalue weighted by Crippen LogP contribution is -2.60. The maximum absolute atomic E-state index is 6.21. The van der Waals surface area contributed by atoms with Gasteiger partial charge in [0.2, 0.25) is 0 Å². The molecule has 2 rings (SSSR count). The van der Waals surface area contributed by atoms with Crippen molar-refractivity contribution in [1.29, 1.82) is 0 Å². The first-order valence-corrected chi connectivity index (χ1v) is 8.37. The molecule has 0 aromatic rings. The molecule has 1 saturated heterocycles. The Balaban J connectivity index is 2.11. The molecule has 3 heteroatoms. The van der Waals surface area contributed by atoms with Gasteiger partial charge in [0.25, 0.3) is 0 Å². The van der Waals surface area contributed by atoms with Crippen molar-refractivity contribution in [1.82, 2.24) is 4.90 Å². The van der Waals surface area contributed by atoms with Crippen LogP contribution in [0.25, 0.3) is 0 Å². The molecule has 1 heterocycles. The van der Waals surface area contributed by atoms with E-state index in [1.165, 1.54) is 50.3 Å². The van der Waals surface area contributed by atoms with E-state index in [0.29, 0.717) is 5.54 Å². The standard InChI is InChI=1S/C14H28N2S/c1-12-4-5-14(11-15,13(2)10-12)16-6-3-8-17-9-7-16/h12-13H,3-11,15H2,1-2H3. The lowest BCUT2D eigenvalue weighted by molar-refractivity contribution is 0.00495. The SMILES string of the molecule is CC1CCC(CN)(N2CCCSCC2)C(C)C1. The lowest BCUT2D eigenvalue weighted by Gasteiger charge is -2.51. The van der Waals surface area contributed by atoms with Crippen molar-refractivity contribution >= 4 is 11.8 Å². The van der Waals surface area contributed by atoms with Crippen LogP contribution in [-0.2, 0) is 0 Å². The third-order valence-electron chi connectivity index (χ3n) is 4.95. The molecule has 0 radical (unpaired) electrons. The number of nitrogens with two attached hydrogens (primary N) is 1. The van der Waals surface area contributed by atoms with E-state index in [-0.39, 0.29) is 0 Å². The smallest absolute Gasteiger partial charge is 0.0357 e. The summed E-state index contributed by atoms with van der Waals surface area (Å²) in [6, 6.07) is 0. The third kappa shape index (κ3) is 2.82. The van der Waals surface area contributed by atoms with Gasteiger partial charge in [-0.1, -0.05) is 13.8 Å². The fraction of sp³-hybridized carbons (Fsp3) is 1.00. The molecule has 0 aromatic carbocycles. The van der Waals surface area contributed by atoms with Crippen molar-refractivity contribution in [3.8, 4) is 0 Å². The van der Waals surface area contributed by atoms with Crippen LogP contribution in [0, 0.1) is 11.8 Å². The molecule has 3 atom stereocenters. The van der Waals surface area contributed by atoms with Crippen LogP contribution < -0.4 is 5.73 Å². The topological polar surface area (TPSA) is 29.3 Å². The lowest BCUT2D eigenvalue weighted by atomic mass is 9.69. The van der Waals surface area contributed by atoms with Crippen LogP contribution >= 0.6 is 11.8 Å². The summed E-state index contributed by atoms with van der Waals surface area (Å²) in [5, 5.41) is 0. The molecular formula is C14H28N2S. The second kappa shape index (κ2) is 5.94. The molecule has 100 valence electrons. The molecule has 2 N–H and O–H groups in total. The Kier molecular flexibility index (Phi) is 4.79. The van der Waals surface area contributed by atoms with E-state index in [1.807, 2.05) is 0 Å². The van der Waals surface area contributed by atoms with Gasteiger partial charge in [0.05, 0.1) is 0 Å². The maximum atomic E-state index is 6.21. The monoisotopic (exact) mass is 256 g/mol. The second-order valence-electron chi connectivity index (χ2n) is 6.04. The average molecular weight is 256 g/mol. The Bertz CT molecular complexity index is 238. The Labute approximate surface area is 111 Å². The van der Waals surface area contributed by atoms with Crippen LogP contribution in [0.2, 0.25) is 0 Å². The van der Waals surface area contributed by atoms with Gasteiger partial charge in [0.1, 0.15) is 0 Å². The summed E-state index contributed by atoms with van der Waals surface area (Å²) in [7, 11) is 0. The molecule has 17 heavy (non-hydrogen) atoms. The van der Waals surface area contributed by atoms with E-state index in [4.69, 9.17) is 5.73 Å². The molecule has 1 aliphatic carbocycles. The van der Waals surface area contributed by atoms with Crippen molar-refractivity contribution in [2.24, 2.45) is 17.6 Å². The summed E-state index contributed by atoms with van der Waals surface area (Å²) < 4.78 is 0. The summed E-state index contributed by atoms with van der Waals surface area (Å²) in [6.45, 7) is 8.20. The largest absolute Gasteiger partial charge is 0.329 e. The van der Waals surface area contributed by atoms with Crippen molar-refractivity contribution < 1.29 is 0 Å². The van der Waals surface area contributed by atoms with Crippen LogP contribution in [0.1, 0.15) is 39.5 Å². The van der Waals surface area contributed by atoms with E-state index >= 15 is 0 Å². The highest BCUT2D eigenvalue weighted by Gasteiger charge is 2.43. The Morgan fingerprint density at radius 1 is 1.29 bits per heavy atom. The molecule has 1 saturated carbocycles. The molecule has 1 aliphatic heterocycles. The highest BCUT2D eigenvalue weighted by atomic mass is 32.2.